The van der Waals surface area contributed by atoms with E-state index in [1.165, 1.54) is 0 Å². The number of carbonyl (C=O) groups excluding carboxylic acids is 1. The van der Waals surface area contributed by atoms with Gasteiger partial charge in [-0.25, -0.2) is 4.79 Å². The van der Waals surface area contributed by atoms with E-state index >= 15 is 0 Å². The summed E-state index contributed by atoms with van der Waals surface area (Å²) in [5.41, 5.74) is 4.95. The highest BCUT2D eigenvalue weighted by Crippen LogP contribution is 2.18. The molecule has 0 spiro atoms. The minimum Gasteiger partial charge on any atom is -0.387 e. The quantitative estimate of drug-likeness (QED) is 0.865. The predicted octanol–water partition coefficient (Wildman–Crippen LogP) is 4.20. The van der Waals surface area contributed by atoms with Crippen molar-refractivity contribution in [1.29, 1.82) is 0 Å². The number of rotatable bonds is 5. The van der Waals surface area contributed by atoms with Crippen LogP contribution in [0.4, 0.5) is 10.5 Å². The van der Waals surface area contributed by atoms with Crippen LogP contribution in [0.25, 0.3) is 0 Å². The zero-order valence-electron chi connectivity index (χ0n) is 14.8. The molecule has 4 heteroatoms. The predicted molar refractivity (Wildman–Crippen MR) is 98.3 cm³/mol. The second-order valence-corrected chi connectivity index (χ2v) is 6.21. The van der Waals surface area contributed by atoms with Gasteiger partial charge in [0, 0.05) is 12.2 Å². The molecule has 2 N–H and O–H groups in total. The van der Waals surface area contributed by atoms with E-state index in [4.69, 9.17) is 0 Å². The minimum absolute atomic E-state index is 0.199. The molecule has 4 nitrogen and oxygen atoms in total. The molecule has 0 aromatic heterocycles. The number of aliphatic hydroxyl groups excluding tert-OH is 1. The van der Waals surface area contributed by atoms with Crippen LogP contribution in [0.15, 0.2) is 42.5 Å². The molecule has 2 rings (SSSR count). The Labute approximate surface area is 144 Å². The number of hydrogen-bond acceptors (Lipinski definition) is 2. The van der Waals surface area contributed by atoms with Crippen molar-refractivity contribution in [1.82, 2.24) is 4.90 Å². The minimum atomic E-state index is -0.699. The number of benzene rings is 2. The van der Waals surface area contributed by atoms with E-state index < -0.39 is 6.10 Å². The molecule has 2 aromatic carbocycles. The van der Waals surface area contributed by atoms with Gasteiger partial charge in [-0.1, -0.05) is 47.5 Å². The Kier molecular flexibility index (Phi) is 5.99. The SMILES string of the molecule is CCN(CC(O)c1ccc(C)cc1)C(=O)Nc1ccc(C)cc1C. The van der Waals surface area contributed by atoms with Crippen LogP contribution in [-0.2, 0) is 0 Å². The molecule has 0 aliphatic rings. The Morgan fingerprint density at radius 1 is 1.08 bits per heavy atom. The van der Waals surface area contributed by atoms with E-state index in [0.717, 1.165) is 27.9 Å². The number of likely N-dealkylation sites (N-methyl/N-ethyl adjacent to an activating group) is 1. The first kappa shape index (κ1) is 18.0. The maximum absolute atomic E-state index is 12.5. The maximum Gasteiger partial charge on any atom is 0.321 e. The van der Waals surface area contributed by atoms with E-state index in [2.05, 4.69) is 5.32 Å². The highest BCUT2D eigenvalue weighted by molar-refractivity contribution is 5.90. The summed E-state index contributed by atoms with van der Waals surface area (Å²) in [6, 6.07) is 13.4. The van der Waals surface area contributed by atoms with Crippen molar-refractivity contribution in [2.75, 3.05) is 18.4 Å². The molecule has 0 fully saturated rings. The average Bonchev–Trinajstić information content (AvgIpc) is 2.55. The van der Waals surface area contributed by atoms with Gasteiger partial charge in [-0.3, -0.25) is 0 Å². The lowest BCUT2D eigenvalue weighted by Gasteiger charge is -2.25. The molecule has 0 radical (unpaired) electrons. The second-order valence-electron chi connectivity index (χ2n) is 6.21. The van der Waals surface area contributed by atoms with Crippen molar-refractivity contribution < 1.29 is 9.90 Å². The van der Waals surface area contributed by atoms with Crippen LogP contribution < -0.4 is 5.32 Å². The first-order valence-corrected chi connectivity index (χ1v) is 8.28. The van der Waals surface area contributed by atoms with Gasteiger partial charge in [0.05, 0.1) is 12.6 Å². The van der Waals surface area contributed by atoms with Gasteiger partial charge in [0.25, 0.3) is 0 Å². The molecular formula is C20H26N2O2. The average molecular weight is 326 g/mol. The van der Waals surface area contributed by atoms with Crippen molar-refractivity contribution in [3.8, 4) is 0 Å². The highest BCUT2D eigenvalue weighted by Gasteiger charge is 2.18. The molecule has 2 aromatic rings. The molecule has 0 aliphatic carbocycles. The first-order chi connectivity index (χ1) is 11.4. The third-order valence-electron chi connectivity index (χ3n) is 4.15. The Morgan fingerprint density at radius 2 is 1.71 bits per heavy atom. The van der Waals surface area contributed by atoms with Crippen LogP contribution in [0.5, 0.6) is 0 Å². The third-order valence-corrected chi connectivity index (χ3v) is 4.15. The van der Waals surface area contributed by atoms with Gasteiger partial charge in [-0.15, -0.1) is 0 Å². The van der Waals surface area contributed by atoms with Crippen LogP contribution >= 0.6 is 0 Å². The first-order valence-electron chi connectivity index (χ1n) is 8.28. The Hall–Kier alpha value is -2.33. The number of amides is 2. The van der Waals surface area contributed by atoms with Crippen LogP contribution in [0.2, 0.25) is 0 Å². The summed E-state index contributed by atoms with van der Waals surface area (Å²) in [6.45, 7) is 8.69. The van der Waals surface area contributed by atoms with E-state index in [-0.39, 0.29) is 12.6 Å². The summed E-state index contributed by atoms with van der Waals surface area (Å²) in [5, 5.41) is 13.3. The molecule has 0 heterocycles. The van der Waals surface area contributed by atoms with Crippen LogP contribution in [0, 0.1) is 20.8 Å². The summed E-state index contributed by atoms with van der Waals surface area (Å²) >= 11 is 0. The summed E-state index contributed by atoms with van der Waals surface area (Å²) in [5.74, 6) is 0. The van der Waals surface area contributed by atoms with E-state index in [0.29, 0.717) is 6.54 Å². The van der Waals surface area contributed by atoms with Gasteiger partial charge >= 0.3 is 6.03 Å². The van der Waals surface area contributed by atoms with Crippen LogP contribution in [-0.4, -0.2) is 29.1 Å². The van der Waals surface area contributed by atoms with Crippen molar-refractivity contribution in [3.63, 3.8) is 0 Å². The number of aryl methyl sites for hydroxylation is 3. The Balaban J connectivity index is 2.04. The number of carbonyl (C=O) groups is 1. The fourth-order valence-corrected chi connectivity index (χ4v) is 2.61. The molecule has 0 saturated carbocycles. The number of hydrogen-bond donors (Lipinski definition) is 2. The molecule has 1 atom stereocenters. The third kappa shape index (κ3) is 4.59. The number of nitrogens with one attached hydrogen (secondary N) is 1. The van der Waals surface area contributed by atoms with Gasteiger partial charge < -0.3 is 15.3 Å². The van der Waals surface area contributed by atoms with Gasteiger partial charge in [0.2, 0.25) is 0 Å². The fraction of sp³-hybridized carbons (Fsp3) is 0.350. The molecule has 1 unspecified atom stereocenters. The smallest absolute Gasteiger partial charge is 0.321 e. The lowest BCUT2D eigenvalue weighted by Crippen LogP contribution is -2.38. The lowest BCUT2D eigenvalue weighted by atomic mass is 10.1. The molecule has 0 bridgehead atoms. The number of urea groups is 1. The van der Waals surface area contributed by atoms with Gasteiger partial charge in [0.1, 0.15) is 0 Å². The second kappa shape index (κ2) is 7.97. The number of anilines is 1. The van der Waals surface area contributed by atoms with Gasteiger partial charge in [-0.2, -0.15) is 0 Å². The zero-order valence-corrected chi connectivity index (χ0v) is 14.8. The Bertz CT molecular complexity index is 695. The Morgan fingerprint density at radius 3 is 2.29 bits per heavy atom. The summed E-state index contributed by atoms with van der Waals surface area (Å²) in [4.78, 5) is 14.1. The van der Waals surface area contributed by atoms with Crippen molar-refractivity contribution in [2.24, 2.45) is 0 Å². The molecule has 128 valence electrons. The standard InChI is InChI=1S/C20H26N2O2/c1-5-22(13-19(23)17-9-6-14(2)7-10-17)20(24)21-18-11-8-15(3)12-16(18)4/h6-12,19,23H,5,13H2,1-4H3,(H,21,24). The van der Waals surface area contributed by atoms with Crippen LogP contribution in [0.3, 0.4) is 0 Å². The number of aliphatic hydroxyl groups is 1. The lowest BCUT2D eigenvalue weighted by molar-refractivity contribution is 0.128. The molecular weight excluding hydrogens is 300 g/mol. The van der Waals surface area contributed by atoms with Gasteiger partial charge in [0.15, 0.2) is 0 Å². The van der Waals surface area contributed by atoms with E-state index in [9.17, 15) is 9.90 Å². The zero-order chi connectivity index (χ0) is 17.7. The largest absolute Gasteiger partial charge is 0.387 e. The normalized spacial score (nSPS) is 11.9. The topological polar surface area (TPSA) is 52.6 Å². The van der Waals surface area contributed by atoms with Crippen molar-refractivity contribution in [3.05, 3.63) is 64.7 Å². The highest BCUT2D eigenvalue weighted by atomic mass is 16.3. The van der Waals surface area contributed by atoms with Gasteiger partial charge in [-0.05, 0) is 44.9 Å². The molecule has 0 aliphatic heterocycles. The summed E-state index contributed by atoms with van der Waals surface area (Å²) in [6.07, 6.45) is -0.699. The monoisotopic (exact) mass is 326 g/mol. The summed E-state index contributed by atoms with van der Waals surface area (Å²) in [7, 11) is 0. The summed E-state index contributed by atoms with van der Waals surface area (Å²) < 4.78 is 0. The molecule has 0 saturated heterocycles. The van der Waals surface area contributed by atoms with Crippen LogP contribution in [0.1, 0.15) is 35.3 Å². The fourth-order valence-electron chi connectivity index (χ4n) is 2.61. The maximum atomic E-state index is 12.5. The van der Waals surface area contributed by atoms with E-state index in [1.54, 1.807) is 4.90 Å². The van der Waals surface area contributed by atoms with E-state index in [1.807, 2.05) is 70.2 Å². The molecule has 2 amide bonds. The van der Waals surface area contributed by atoms with Crippen molar-refractivity contribution >= 4 is 11.7 Å². The number of nitrogens with zero attached hydrogens (tertiary/aromatic N) is 1. The molecule has 24 heavy (non-hydrogen) atoms. The van der Waals surface area contributed by atoms with Crippen molar-refractivity contribution in [2.45, 2.75) is 33.8 Å².